The fraction of sp³-hybridized carbons (Fsp3) is 0. The van der Waals surface area contributed by atoms with E-state index in [4.69, 9.17) is 23.2 Å². The number of hydrogen-bond donors (Lipinski definition) is 0. The summed E-state index contributed by atoms with van der Waals surface area (Å²) in [6.45, 7) is 0. The Morgan fingerprint density at radius 2 is 1.71 bits per heavy atom. The SMILES string of the molecule is Clc1ccc(-n2cnc3ncnc(Cl)c32)cc1. The molecule has 0 fully saturated rings. The molecule has 0 amide bonds. The van der Waals surface area contributed by atoms with Gasteiger partial charge in [-0.15, -0.1) is 0 Å². The molecule has 0 aliphatic rings. The predicted octanol–water partition coefficient (Wildman–Crippen LogP) is 3.12. The van der Waals surface area contributed by atoms with Gasteiger partial charge in [0, 0.05) is 10.7 Å². The van der Waals surface area contributed by atoms with Crippen LogP contribution in [0, 0.1) is 0 Å². The molecule has 17 heavy (non-hydrogen) atoms. The van der Waals surface area contributed by atoms with E-state index in [1.54, 1.807) is 18.5 Å². The first kappa shape index (κ1) is 10.5. The highest BCUT2D eigenvalue weighted by Gasteiger charge is 2.09. The number of imidazole rings is 1. The first-order chi connectivity index (χ1) is 8.25. The molecule has 0 bridgehead atoms. The van der Waals surface area contributed by atoms with E-state index in [0.717, 1.165) is 5.69 Å². The lowest BCUT2D eigenvalue weighted by Gasteiger charge is -2.04. The molecule has 0 saturated heterocycles. The Labute approximate surface area is 107 Å². The van der Waals surface area contributed by atoms with Crippen LogP contribution in [-0.2, 0) is 0 Å². The van der Waals surface area contributed by atoms with Crippen molar-refractivity contribution in [3.05, 3.63) is 47.1 Å². The van der Waals surface area contributed by atoms with Crippen LogP contribution < -0.4 is 0 Å². The maximum atomic E-state index is 6.05. The molecule has 0 atom stereocenters. The van der Waals surface area contributed by atoms with Crippen molar-refractivity contribution in [2.24, 2.45) is 0 Å². The molecular weight excluding hydrogens is 259 g/mol. The molecule has 2 heterocycles. The van der Waals surface area contributed by atoms with Crippen molar-refractivity contribution >= 4 is 34.4 Å². The van der Waals surface area contributed by atoms with E-state index in [9.17, 15) is 0 Å². The second-order valence-electron chi connectivity index (χ2n) is 3.43. The lowest BCUT2D eigenvalue weighted by Crippen LogP contribution is -1.93. The van der Waals surface area contributed by atoms with Crippen molar-refractivity contribution in [2.75, 3.05) is 0 Å². The number of benzene rings is 1. The summed E-state index contributed by atoms with van der Waals surface area (Å²) in [6.07, 6.45) is 3.05. The maximum absolute atomic E-state index is 6.05. The van der Waals surface area contributed by atoms with E-state index in [-0.39, 0.29) is 0 Å². The van der Waals surface area contributed by atoms with Crippen LogP contribution in [0.5, 0.6) is 0 Å². The van der Waals surface area contributed by atoms with Gasteiger partial charge in [0.25, 0.3) is 0 Å². The summed E-state index contributed by atoms with van der Waals surface area (Å²) in [4.78, 5) is 12.2. The van der Waals surface area contributed by atoms with Crippen LogP contribution in [0.15, 0.2) is 36.9 Å². The third kappa shape index (κ3) is 1.75. The van der Waals surface area contributed by atoms with Gasteiger partial charge in [0.2, 0.25) is 0 Å². The molecule has 0 aliphatic heterocycles. The molecule has 0 spiro atoms. The first-order valence-electron chi connectivity index (χ1n) is 4.85. The molecule has 84 valence electrons. The van der Waals surface area contributed by atoms with Crippen LogP contribution in [0.3, 0.4) is 0 Å². The zero-order valence-corrected chi connectivity index (χ0v) is 10.0. The van der Waals surface area contributed by atoms with Gasteiger partial charge in [-0.3, -0.25) is 4.57 Å². The number of fused-ring (bicyclic) bond motifs is 1. The molecule has 1 aromatic carbocycles. The Balaban J connectivity index is 2.27. The predicted molar refractivity (Wildman–Crippen MR) is 66.7 cm³/mol. The van der Waals surface area contributed by atoms with Crippen molar-refractivity contribution < 1.29 is 0 Å². The smallest absolute Gasteiger partial charge is 0.182 e. The minimum Gasteiger partial charge on any atom is -0.295 e. The van der Waals surface area contributed by atoms with Crippen LogP contribution in [0.2, 0.25) is 10.2 Å². The van der Waals surface area contributed by atoms with Crippen LogP contribution in [0.4, 0.5) is 0 Å². The number of rotatable bonds is 1. The highest BCUT2D eigenvalue weighted by atomic mass is 35.5. The van der Waals surface area contributed by atoms with Gasteiger partial charge in [-0.2, -0.15) is 0 Å². The summed E-state index contributed by atoms with van der Waals surface area (Å²) in [6, 6.07) is 7.38. The van der Waals surface area contributed by atoms with Gasteiger partial charge in [0.1, 0.15) is 18.2 Å². The van der Waals surface area contributed by atoms with Crippen molar-refractivity contribution in [3.63, 3.8) is 0 Å². The highest BCUT2D eigenvalue weighted by Crippen LogP contribution is 2.22. The third-order valence-electron chi connectivity index (χ3n) is 2.40. The van der Waals surface area contributed by atoms with Gasteiger partial charge in [-0.05, 0) is 24.3 Å². The fourth-order valence-corrected chi connectivity index (χ4v) is 1.96. The van der Waals surface area contributed by atoms with Crippen molar-refractivity contribution in [2.45, 2.75) is 0 Å². The molecule has 3 aromatic rings. The van der Waals surface area contributed by atoms with Crippen LogP contribution in [0.1, 0.15) is 0 Å². The summed E-state index contributed by atoms with van der Waals surface area (Å²) < 4.78 is 1.83. The molecule has 6 heteroatoms. The average molecular weight is 265 g/mol. The van der Waals surface area contributed by atoms with Gasteiger partial charge in [-0.25, -0.2) is 15.0 Å². The average Bonchev–Trinajstić information content (AvgIpc) is 2.75. The Bertz CT molecular complexity index is 676. The van der Waals surface area contributed by atoms with Gasteiger partial charge in [0.15, 0.2) is 10.8 Å². The molecule has 0 aliphatic carbocycles. The lowest BCUT2D eigenvalue weighted by atomic mass is 10.3. The van der Waals surface area contributed by atoms with Crippen LogP contribution in [-0.4, -0.2) is 19.5 Å². The molecule has 0 radical (unpaired) electrons. The maximum Gasteiger partial charge on any atom is 0.182 e. The van der Waals surface area contributed by atoms with E-state index in [2.05, 4.69) is 15.0 Å². The van der Waals surface area contributed by atoms with E-state index in [1.807, 2.05) is 16.7 Å². The number of nitrogens with zero attached hydrogens (tertiary/aromatic N) is 4. The lowest BCUT2D eigenvalue weighted by molar-refractivity contribution is 1.09. The zero-order chi connectivity index (χ0) is 11.8. The van der Waals surface area contributed by atoms with Crippen LogP contribution in [0.25, 0.3) is 16.9 Å². The minimum atomic E-state index is 0.377. The van der Waals surface area contributed by atoms with Gasteiger partial charge in [-0.1, -0.05) is 23.2 Å². The zero-order valence-electron chi connectivity index (χ0n) is 8.51. The number of halogens is 2. The first-order valence-corrected chi connectivity index (χ1v) is 5.61. The second kappa shape index (κ2) is 3.98. The molecular formula is C11H6Cl2N4. The largest absolute Gasteiger partial charge is 0.295 e. The summed E-state index contributed by atoms with van der Waals surface area (Å²) in [5, 5.41) is 1.06. The normalized spacial score (nSPS) is 10.9. The van der Waals surface area contributed by atoms with Crippen molar-refractivity contribution in [3.8, 4) is 5.69 Å². The topological polar surface area (TPSA) is 43.6 Å². The summed E-state index contributed by atoms with van der Waals surface area (Å²) in [7, 11) is 0. The standard InChI is InChI=1S/C11H6Cl2N4/c12-7-1-3-8(4-2-7)17-6-16-11-9(17)10(13)14-5-15-11/h1-6H. The molecule has 3 rings (SSSR count). The van der Waals surface area contributed by atoms with Crippen LogP contribution >= 0.6 is 23.2 Å². The number of hydrogen-bond acceptors (Lipinski definition) is 3. The van der Waals surface area contributed by atoms with Gasteiger partial charge in [0.05, 0.1) is 0 Å². The van der Waals surface area contributed by atoms with E-state index < -0.39 is 0 Å². The minimum absolute atomic E-state index is 0.377. The molecule has 0 saturated carbocycles. The summed E-state index contributed by atoms with van der Waals surface area (Å²) in [5.74, 6) is 0. The summed E-state index contributed by atoms with van der Waals surface area (Å²) >= 11 is 11.9. The Hall–Kier alpha value is -1.65. The molecule has 0 N–H and O–H groups in total. The van der Waals surface area contributed by atoms with Gasteiger partial charge < -0.3 is 0 Å². The van der Waals surface area contributed by atoms with Crippen molar-refractivity contribution in [1.29, 1.82) is 0 Å². The van der Waals surface area contributed by atoms with Crippen molar-refractivity contribution in [1.82, 2.24) is 19.5 Å². The Morgan fingerprint density at radius 3 is 2.47 bits per heavy atom. The second-order valence-corrected chi connectivity index (χ2v) is 4.22. The fourth-order valence-electron chi connectivity index (χ4n) is 1.62. The monoisotopic (exact) mass is 264 g/mol. The van der Waals surface area contributed by atoms with E-state index >= 15 is 0 Å². The van der Waals surface area contributed by atoms with Gasteiger partial charge >= 0.3 is 0 Å². The summed E-state index contributed by atoms with van der Waals surface area (Å²) in [5.41, 5.74) is 2.17. The third-order valence-corrected chi connectivity index (χ3v) is 2.93. The van der Waals surface area contributed by atoms with E-state index in [1.165, 1.54) is 6.33 Å². The highest BCUT2D eigenvalue weighted by molar-refractivity contribution is 6.33. The Morgan fingerprint density at radius 1 is 0.941 bits per heavy atom. The number of aromatic nitrogens is 4. The molecule has 4 nitrogen and oxygen atoms in total. The molecule has 2 aromatic heterocycles. The molecule has 0 unspecified atom stereocenters. The van der Waals surface area contributed by atoms with E-state index in [0.29, 0.717) is 21.3 Å². The Kier molecular flexibility index (Phi) is 2.46. The quantitative estimate of drug-likeness (QED) is 0.635.